The van der Waals surface area contributed by atoms with Crippen molar-refractivity contribution < 1.29 is 0 Å². The maximum atomic E-state index is 6.42. The van der Waals surface area contributed by atoms with Crippen molar-refractivity contribution in [1.82, 2.24) is 10.6 Å². The number of nitrogens with one attached hydrogen (secondary N) is 2. The molecule has 0 aliphatic carbocycles. The maximum Gasteiger partial charge on any atom is 0.00793 e. The molecule has 2 unspecified atom stereocenters. The van der Waals surface area contributed by atoms with E-state index in [1.807, 2.05) is 0 Å². The summed E-state index contributed by atoms with van der Waals surface area (Å²) in [6.45, 7) is 6.18. The molecule has 0 bridgehead atoms. The van der Waals surface area contributed by atoms with Gasteiger partial charge in [0.25, 0.3) is 0 Å². The van der Waals surface area contributed by atoms with E-state index < -0.39 is 0 Å². The van der Waals surface area contributed by atoms with Gasteiger partial charge in [0.1, 0.15) is 0 Å². The van der Waals surface area contributed by atoms with Gasteiger partial charge in [0.2, 0.25) is 0 Å². The highest BCUT2D eigenvalue weighted by molar-refractivity contribution is 5.24. The molecule has 0 saturated heterocycles. The molecule has 0 radical (unpaired) electrons. The molecule has 0 aromatic heterocycles. The van der Waals surface area contributed by atoms with Crippen molar-refractivity contribution >= 4 is 0 Å². The van der Waals surface area contributed by atoms with Gasteiger partial charge in [-0.15, -0.1) is 0 Å². The Morgan fingerprint density at radius 2 is 0.763 bits per heavy atom. The second-order valence-electron chi connectivity index (χ2n) is 11.3. The van der Waals surface area contributed by atoms with E-state index in [0.29, 0.717) is 0 Å². The second kappa shape index (κ2) is 26.2. The predicted octanol–water partition coefficient (Wildman–Crippen LogP) is 4.76. The molecule has 0 heterocycles. The lowest BCUT2D eigenvalue weighted by atomic mass is 9.97. The fourth-order valence-electron chi connectivity index (χ4n) is 5.03. The molecule has 6 nitrogen and oxygen atoms in total. The van der Waals surface area contributed by atoms with E-state index in [1.54, 1.807) is 0 Å². The van der Waals surface area contributed by atoms with Gasteiger partial charge in [0.15, 0.2) is 0 Å². The SMILES string of the molecule is NCCCCCCNCCCCCC(N)Cc1ccc(CC(N)CCCCCNCCCCCCN)cc1. The van der Waals surface area contributed by atoms with Crippen LogP contribution in [0.25, 0.3) is 0 Å². The zero-order valence-corrected chi connectivity index (χ0v) is 24.7. The lowest BCUT2D eigenvalue weighted by molar-refractivity contribution is 0.524. The van der Waals surface area contributed by atoms with Crippen molar-refractivity contribution in [2.45, 2.75) is 128 Å². The molecule has 38 heavy (non-hydrogen) atoms. The summed E-state index contributed by atoms with van der Waals surface area (Å²) >= 11 is 0. The standard InChI is InChI=1S/C32H64N6/c33-21-9-1-3-11-23-37-25-13-5-7-15-31(35)27-29-17-19-30(20-18-29)28-32(36)16-8-6-14-26-38-24-12-4-2-10-22-34/h17-20,31-32,37-38H,1-16,21-28,33-36H2. The predicted molar refractivity (Wildman–Crippen MR) is 168 cm³/mol. The fraction of sp³-hybridized carbons (Fsp3) is 0.812. The van der Waals surface area contributed by atoms with Crippen LogP contribution in [0.15, 0.2) is 24.3 Å². The average molecular weight is 533 g/mol. The molecule has 0 saturated carbocycles. The summed E-state index contributed by atoms with van der Waals surface area (Å²) in [6.07, 6.45) is 21.6. The number of rotatable bonds is 28. The number of nitrogens with two attached hydrogens (primary N) is 4. The quantitative estimate of drug-likeness (QED) is 0.0863. The van der Waals surface area contributed by atoms with Crippen molar-refractivity contribution in [3.05, 3.63) is 35.4 Å². The minimum Gasteiger partial charge on any atom is -0.330 e. The van der Waals surface area contributed by atoms with Gasteiger partial charge >= 0.3 is 0 Å². The number of unbranched alkanes of at least 4 members (excludes halogenated alkanes) is 10. The summed E-state index contributed by atoms with van der Waals surface area (Å²) in [5, 5.41) is 7.12. The molecule has 0 aliphatic heterocycles. The van der Waals surface area contributed by atoms with Crippen molar-refractivity contribution in [2.24, 2.45) is 22.9 Å². The molecular formula is C32H64N6. The van der Waals surface area contributed by atoms with Gasteiger partial charge in [-0.1, -0.05) is 75.6 Å². The van der Waals surface area contributed by atoms with E-state index in [2.05, 4.69) is 34.9 Å². The third kappa shape index (κ3) is 21.9. The molecule has 0 amide bonds. The van der Waals surface area contributed by atoms with E-state index >= 15 is 0 Å². The van der Waals surface area contributed by atoms with Gasteiger partial charge in [-0.3, -0.25) is 0 Å². The first-order valence-electron chi connectivity index (χ1n) is 16.1. The molecule has 1 rings (SSSR count). The Hall–Kier alpha value is -1.02. The average Bonchev–Trinajstić information content (AvgIpc) is 2.91. The Balaban J connectivity index is 2.00. The van der Waals surface area contributed by atoms with Crippen molar-refractivity contribution in [3.8, 4) is 0 Å². The highest BCUT2D eigenvalue weighted by Crippen LogP contribution is 2.13. The molecular weight excluding hydrogens is 468 g/mol. The minimum absolute atomic E-state index is 0.254. The van der Waals surface area contributed by atoms with Crippen LogP contribution < -0.4 is 33.6 Å². The smallest absolute Gasteiger partial charge is 0.00793 e. The third-order valence-electron chi connectivity index (χ3n) is 7.49. The largest absolute Gasteiger partial charge is 0.330 e. The highest BCUT2D eigenvalue weighted by Gasteiger charge is 2.07. The Kier molecular flexibility index (Phi) is 24.2. The monoisotopic (exact) mass is 533 g/mol. The number of hydrogen-bond acceptors (Lipinski definition) is 6. The maximum absolute atomic E-state index is 6.42. The zero-order valence-electron chi connectivity index (χ0n) is 24.7. The van der Waals surface area contributed by atoms with Crippen LogP contribution in [0.4, 0.5) is 0 Å². The van der Waals surface area contributed by atoms with Gasteiger partial charge in [-0.25, -0.2) is 0 Å². The first-order chi connectivity index (χ1) is 18.7. The van der Waals surface area contributed by atoms with E-state index in [-0.39, 0.29) is 12.1 Å². The molecule has 6 heteroatoms. The fourth-order valence-corrected chi connectivity index (χ4v) is 5.03. The first-order valence-corrected chi connectivity index (χ1v) is 16.1. The molecule has 2 atom stereocenters. The van der Waals surface area contributed by atoms with Crippen LogP contribution in [-0.2, 0) is 12.8 Å². The molecule has 10 N–H and O–H groups in total. The van der Waals surface area contributed by atoms with Crippen LogP contribution in [0.2, 0.25) is 0 Å². The van der Waals surface area contributed by atoms with Gasteiger partial charge in [-0.05, 0) is 115 Å². The summed E-state index contributed by atoms with van der Waals surface area (Å²) in [5.74, 6) is 0. The van der Waals surface area contributed by atoms with Crippen molar-refractivity contribution in [1.29, 1.82) is 0 Å². The van der Waals surface area contributed by atoms with Crippen molar-refractivity contribution in [3.63, 3.8) is 0 Å². The Labute approximate surface area is 235 Å². The molecule has 0 aliphatic rings. The van der Waals surface area contributed by atoms with Crippen LogP contribution in [0.1, 0.15) is 114 Å². The Morgan fingerprint density at radius 3 is 1.11 bits per heavy atom. The molecule has 0 fully saturated rings. The topological polar surface area (TPSA) is 128 Å². The van der Waals surface area contributed by atoms with E-state index in [1.165, 1.54) is 88.2 Å². The summed E-state index contributed by atoms with van der Waals surface area (Å²) in [6, 6.07) is 9.51. The van der Waals surface area contributed by atoms with Gasteiger partial charge in [-0.2, -0.15) is 0 Å². The summed E-state index contributed by atoms with van der Waals surface area (Å²) in [7, 11) is 0. The zero-order chi connectivity index (χ0) is 27.5. The van der Waals surface area contributed by atoms with E-state index in [4.69, 9.17) is 22.9 Å². The minimum atomic E-state index is 0.254. The van der Waals surface area contributed by atoms with Gasteiger partial charge in [0.05, 0.1) is 0 Å². The Morgan fingerprint density at radius 1 is 0.447 bits per heavy atom. The second-order valence-corrected chi connectivity index (χ2v) is 11.3. The normalized spacial score (nSPS) is 13.2. The highest BCUT2D eigenvalue weighted by atomic mass is 14.8. The summed E-state index contributed by atoms with van der Waals surface area (Å²) < 4.78 is 0. The molecule has 1 aromatic carbocycles. The summed E-state index contributed by atoms with van der Waals surface area (Å²) in [4.78, 5) is 0. The van der Waals surface area contributed by atoms with Gasteiger partial charge in [0, 0.05) is 12.1 Å². The van der Waals surface area contributed by atoms with Crippen LogP contribution in [0.3, 0.4) is 0 Å². The molecule has 1 aromatic rings. The van der Waals surface area contributed by atoms with Crippen LogP contribution in [0.5, 0.6) is 0 Å². The van der Waals surface area contributed by atoms with Crippen molar-refractivity contribution in [2.75, 3.05) is 39.3 Å². The third-order valence-corrected chi connectivity index (χ3v) is 7.49. The van der Waals surface area contributed by atoms with Gasteiger partial charge < -0.3 is 33.6 Å². The lowest BCUT2D eigenvalue weighted by Crippen LogP contribution is -2.23. The Bertz CT molecular complexity index is 555. The number of hydrogen-bond donors (Lipinski definition) is 6. The van der Waals surface area contributed by atoms with E-state index in [0.717, 1.165) is 77.8 Å². The lowest BCUT2D eigenvalue weighted by Gasteiger charge is -2.14. The van der Waals surface area contributed by atoms with Crippen LogP contribution in [-0.4, -0.2) is 51.4 Å². The van der Waals surface area contributed by atoms with Crippen LogP contribution in [0, 0.1) is 0 Å². The molecule has 0 spiro atoms. The van der Waals surface area contributed by atoms with E-state index in [9.17, 15) is 0 Å². The first kappa shape index (κ1) is 35.0. The van der Waals surface area contributed by atoms with Crippen LogP contribution >= 0.6 is 0 Å². The molecule has 222 valence electrons. The number of benzene rings is 1. The summed E-state index contributed by atoms with van der Waals surface area (Å²) in [5.41, 5.74) is 26.6.